The molecule has 1 unspecified atom stereocenters. The van der Waals surface area contributed by atoms with E-state index in [-0.39, 0.29) is 28.7 Å². The van der Waals surface area contributed by atoms with Crippen LogP contribution in [-0.4, -0.2) is 46.8 Å². The minimum Gasteiger partial charge on any atom is -0.322 e. The van der Waals surface area contributed by atoms with E-state index in [1.807, 2.05) is 0 Å². The quantitative estimate of drug-likeness (QED) is 0.306. The normalized spacial score (nSPS) is 17.6. The molecule has 1 N–H and O–H groups in total. The molecule has 1 aromatic carbocycles. The Labute approximate surface area is 230 Å². The molecule has 0 fully saturated rings. The van der Waals surface area contributed by atoms with Gasteiger partial charge in [-0.25, -0.2) is 40.2 Å². The van der Waals surface area contributed by atoms with Crippen molar-refractivity contribution in [1.82, 2.24) is 18.9 Å². The van der Waals surface area contributed by atoms with Crippen molar-refractivity contribution in [3.05, 3.63) is 83.7 Å². The number of aromatic nitrogens is 4. The van der Waals surface area contributed by atoms with Crippen molar-refractivity contribution in [2.45, 2.75) is 29.9 Å². The Kier molecular flexibility index (Phi) is 6.60. The monoisotopic (exact) mass is 587 g/mol. The molecule has 3 aromatic heterocycles. The van der Waals surface area contributed by atoms with Crippen molar-refractivity contribution in [3.63, 3.8) is 0 Å². The van der Waals surface area contributed by atoms with Crippen molar-refractivity contribution in [3.8, 4) is 11.3 Å². The second-order valence-corrected chi connectivity index (χ2v) is 14.0. The molecular formula is C26H23ClFN5O4S2. The molecule has 1 aliphatic rings. The average molecular weight is 588 g/mol. The molecule has 5 rings (SSSR count). The Hall–Kier alpha value is -3.61. The lowest BCUT2D eigenvalue weighted by molar-refractivity contribution is 0.554. The number of hydrogen-bond acceptors (Lipinski definition) is 8. The number of allylic oxidation sites excluding steroid dienone is 3. The number of fused-ring (bicyclic) bond motifs is 1. The fourth-order valence-corrected chi connectivity index (χ4v) is 7.13. The highest BCUT2D eigenvalue weighted by molar-refractivity contribution is 7.91. The number of nitrogens with one attached hydrogen (secondary N) is 1. The highest BCUT2D eigenvalue weighted by Crippen LogP contribution is 2.39. The van der Waals surface area contributed by atoms with E-state index in [1.54, 1.807) is 44.2 Å². The van der Waals surface area contributed by atoms with Crippen LogP contribution in [0, 0.1) is 12.7 Å². The van der Waals surface area contributed by atoms with E-state index in [2.05, 4.69) is 20.3 Å². The van der Waals surface area contributed by atoms with Crippen molar-refractivity contribution >= 4 is 54.0 Å². The van der Waals surface area contributed by atoms with Gasteiger partial charge in [-0.1, -0.05) is 42.0 Å². The van der Waals surface area contributed by atoms with E-state index in [4.69, 9.17) is 11.6 Å². The van der Waals surface area contributed by atoms with E-state index < -0.39 is 35.3 Å². The van der Waals surface area contributed by atoms with Gasteiger partial charge in [-0.05, 0) is 44.0 Å². The van der Waals surface area contributed by atoms with Gasteiger partial charge in [-0.15, -0.1) is 0 Å². The van der Waals surface area contributed by atoms with Crippen LogP contribution in [0.1, 0.15) is 18.9 Å². The van der Waals surface area contributed by atoms with Crippen molar-refractivity contribution in [2.24, 2.45) is 0 Å². The Bertz CT molecular complexity index is 1920. The molecule has 1 atom stereocenters. The molecule has 3 heterocycles. The summed E-state index contributed by atoms with van der Waals surface area (Å²) in [7, 11) is -7.81. The SMILES string of the molecule is Cc1cnc(Nc2cccc(S(C)(=O)=O)c2F)nc1-c1cn(S(=O)(=O)C2(C)C=CC=CC2)c2c(Cl)nccc12. The number of anilines is 2. The second kappa shape index (κ2) is 9.54. The van der Waals surface area contributed by atoms with Crippen LogP contribution >= 0.6 is 11.6 Å². The minimum absolute atomic E-state index is 0.00553. The average Bonchev–Trinajstić information content (AvgIpc) is 3.28. The number of pyridine rings is 1. The lowest BCUT2D eigenvalue weighted by atomic mass is 10.0. The summed E-state index contributed by atoms with van der Waals surface area (Å²) in [6.45, 7) is 3.38. The van der Waals surface area contributed by atoms with Crippen LogP contribution < -0.4 is 5.32 Å². The maximum absolute atomic E-state index is 15.0. The first-order chi connectivity index (χ1) is 18.3. The number of aryl methyl sites for hydroxylation is 1. The van der Waals surface area contributed by atoms with Gasteiger partial charge in [0.1, 0.15) is 15.2 Å². The molecule has 0 bridgehead atoms. The van der Waals surface area contributed by atoms with Crippen LogP contribution in [0.4, 0.5) is 16.0 Å². The van der Waals surface area contributed by atoms with Gasteiger partial charge in [0.15, 0.2) is 20.8 Å². The van der Waals surface area contributed by atoms with Crippen LogP contribution in [-0.2, 0) is 19.9 Å². The summed E-state index contributed by atoms with van der Waals surface area (Å²) in [5.74, 6) is -0.981. The van der Waals surface area contributed by atoms with Crippen LogP contribution in [0.5, 0.6) is 0 Å². The van der Waals surface area contributed by atoms with Gasteiger partial charge in [0, 0.05) is 35.8 Å². The maximum atomic E-state index is 15.0. The van der Waals surface area contributed by atoms with Crippen LogP contribution in [0.25, 0.3) is 22.2 Å². The Morgan fingerprint density at radius 2 is 1.90 bits per heavy atom. The van der Waals surface area contributed by atoms with Gasteiger partial charge in [0.05, 0.1) is 11.4 Å². The summed E-state index contributed by atoms with van der Waals surface area (Å²) in [5.41, 5.74) is 1.51. The molecule has 9 nitrogen and oxygen atoms in total. The molecular weight excluding hydrogens is 565 g/mol. The van der Waals surface area contributed by atoms with Crippen LogP contribution in [0.15, 0.2) is 72.1 Å². The van der Waals surface area contributed by atoms with Crippen molar-refractivity contribution < 1.29 is 21.2 Å². The number of benzene rings is 1. The van der Waals surface area contributed by atoms with Gasteiger partial charge in [-0.2, -0.15) is 0 Å². The number of sulfone groups is 1. The predicted molar refractivity (Wildman–Crippen MR) is 149 cm³/mol. The molecule has 0 spiro atoms. The summed E-state index contributed by atoms with van der Waals surface area (Å²) in [5, 5.41) is 3.24. The molecule has 13 heteroatoms. The first-order valence-electron chi connectivity index (χ1n) is 11.7. The third kappa shape index (κ3) is 4.62. The largest absolute Gasteiger partial charge is 0.322 e. The van der Waals surface area contributed by atoms with Gasteiger partial charge in [-0.3, -0.25) is 0 Å². The van der Waals surface area contributed by atoms with E-state index in [0.717, 1.165) is 10.2 Å². The Morgan fingerprint density at radius 1 is 1.13 bits per heavy atom. The van der Waals surface area contributed by atoms with E-state index in [1.165, 1.54) is 36.8 Å². The van der Waals surface area contributed by atoms with Gasteiger partial charge in [0.25, 0.3) is 0 Å². The molecule has 0 radical (unpaired) electrons. The number of halogens is 2. The fraction of sp³-hybridized carbons (Fsp3) is 0.192. The molecule has 202 valence electrons. The fourth-order valence-electron chi connectivity index (χ4n) is 4.40. The zero-order valence-corrected chi connectivity index (χ0v) is 23.4. The molecule has 39 heavy (non-hydrogen) atoms. The topological polar surface area (TPSA) is 124 Å². The van der Waals surface area contributed by atoms with Crippen LogP contribution in [0.3, 0.4) is 0 Å². The summed E-state index contributed by atoms with van der Waals surface area (Å²) < 4.78 is 66.6. The molecule has 0 amide bonds. The first kappa shape index (κ1) is 27.0. The summed E-state index contributed by atoms with van der Waals surface area (Å²) in [6.07, 6.45) is 12.5. The van der Waals surface area contributed by atoms with Gasteiger partial charge < -0.3 is 5.32 Å². The maximum Gasteiger partial charge on any atom is 0.248 e. The number of hydrogen-bond donors (Lipinski definition) is 1. The lowest BCUT2D eigenvalue weighted by Gasteiger charge is -2.27. The van der Waals surface area contributed by atoms with Crippen molar-refractivity contribution in [2.75, 3.05) is 11.6 Å². The molecule has 0 saturated carbocycles. The lowest BCUT2D eigenvalue weighted by Crippen LogP contribution is -2.37. The van der Waals surface area contributed by atoms with Gasteiger partial charge >= 0.3 is 0 Å². The number of nitrogens with zero attached hydrogens (tertiary/aromatic N) is 4. The molecule has 1 aliphatic carbocycles. The second-order valence-electron chi connectivity index (χ2n) is 9.39. The standard InChI is InChI=1S/C26H23ClFN5O4S2/c1-16-14-30-25(31-19-8-7-9-20(21(19)28)38(3,34)35)32-22(16)18-15-33(23-17(18)10-13-29-24(23)27)39(36,37)26(2)11-5-4-6-12-26/h4-11,13-15H,12H2,1-3H3,(H,30,31,32). The summed E-state index contributed by atoms with van der Waals surface area (Å²) >= 11 is 6.44. The smallest absolute Gasteiger partial charge is 0.248 e. The first-order valence-corrected chi connectivity index (χ1v) is 15.4. The molecule has 4 aromatic rings. The zero-order chi connectivity index (χ0) is 28.2. The van der Waals surface area contributed by atoms with E-state index in [9.17, 15) is 21.2 Å². The Morgan fingerprint density at radius 3 is 2.59 bits per heavy atom. The summed E-state index contributed by atoms with van der Waals surface area (Å²) in [4.78, 5) is 12.4. The zero-order valence-electron chi connectivity index (χ0n) is 21.1. The third-order valence-electron chi connectivity index (χ3n) is 6.54. The Balaban J connectivity index is 1.66. The van der Waals surface area contributed by atoms with Gasteiger partial charge in [0.2, 0.25) is 16.0 Å². The minimum atomic E-state index is -4.01. The highest BCUT2D eigenvalue weighted by Gasteiger charge is 2.39. The highest BCUT2D eigenvalue weighted by atomic mass is 35.5. The summed E-state index contributed by atoms with van der Waals surface area (Å²) in [6, 6.07) is 5.58. The molecule has 0 aliphatic heterocycles. The van der Waals surface area contributed by atoms with Crippen LogP contribution in [0.2, 0.25) is 5.15 Å². The third-order valence-corrected chi connectivity index (χ3v) is 10.2. The van der Waals surface area contributed by atoms with Crippen molar-refractivity contribution in [1.29, 1.82) is 0 Å². The van der Waals surface area contributed by atoms with E-state index >= 15 is 0 Å². The number of rotatable bonds is 6. The molecule has 0 saturated heterocycles. The predicted octanol–water partition coefficient (Wildman–Crippen LogP) is 5.19. The van der Waals surface area contributed by atoms with E-state index in [0.29, 0.717) is 22.2 Å².